The molecule has 21 heavy (non-hydrogen) atoms. The van der Waals surface area contributed by atoms with Crippen molar-refractivity contribution in [3.05, 3.63) is 42.5 Å². The molecule has 0 aliphatic carbocycles. The standard InChI is InChI=1S/C13H14N4O3S/c18-13(16-11-5-6-21(19,20)7-11)10-1-3-12(4-2-10)17-9-14-8-15-17/h1-4,8-9,11H,5-7H2,(H,16,18)/t11-/m1/s1. The highest BCUT2D eigenvalue weighted by molar-refractivity contribution is 7.91. The van der Waals surface area contributed by atoms with Crippen molar-refractivity contribution in [3.63, 3.8) is 0 Å². The van der Waals surface area contributed by atoms with Crippen molar-refractivity contribution in [3.8, 4) is 5.69 Å². The Morgan fingerprint density at radius 2 is 2.05 bits per heavy atom. The molecule has 1 fully saturated rings. The van der Waals surface area contributed by atoms with Gasteiger partial charge < -0.3 is 5.32 Å². The van der Waals surface area contributed by atoms with Gasteiger partial charge in [-0.25, -0.2) is 18.1 Å². The van der Waals surface area contributed by atoms with Gasteiger partial charge in [0.05, 0.1) is 17.2 Å². The van der Waals surface area contributed by atoms with Gasteiger partial charge in [0.15, 0.2) is 9.84 Å². The molecule has 0 radical (unpaired) electrons. The van der Waals surface area contributed by atoms with Crippen molar-refractivity contribution < 1.29 is 13.2 Å². The molecule has 3 rings (SSSR count). The predicted molar refractivity (Wildman–Crippen MR) is 75.9 cm³/mol. The van der Waals surface area contributed by atoms with Crippen LogP contribution in [0.5, 0.6) is 0 Å². The van der Waals surface area contributed by atoms with Gasteiger partial charge in [-0.2, -0.15) is 5.10 Å². The zero-order valence-electron chi connectivity index (χ0n) is 11.1. The zero-order valence-corrected chi connectivity index (χ0v) is 12.0. The van der Waals surface area contributed by atoms with Crippen LogP contribution in [0.25, 0.3) is 5.69 Å². The molecule has 110 valence electrons. The number of benzene rings is 1. The molecule has 7 nitrogen and oxygen atoms in total. The summed E-state index contributed by atoms with van der Waals surface area (Å²) in [7, 11) is -2.99. The molecule has 2 aromatic rings. The Bertz CT molecular complexity index is 738. The fraction of sp³-hybridized carbons (Fsp3) is 0.308. The summed E-state index contributed by atoms with van der Waals surface area (Å²) in [5, 5.41) is 6.75. The van der Waals surface area contributed by atoms with E-state index in [1.807, 2.05) is 0 Å². The van der Waals surface area contributed by atoms with Gasteiger partial charge in [-0.3, -0.25) is 4.79 Å². The Morgan fingerprint density at radius 3 is 2.62 bits per heavy atom. The summed E-state index contributed by atoms with van der Waals surface area (Å²) in [6.45, 7) is 0. The minimum absolute atomic E-state index is 0.0236. The third kappa shape index (κ3) is 3.10. The monoisotopic (exact) mass is 306 g/mol. The summed E-state index contributed by atoms with van der Waals surface area (Å²) in [6.07, 6.45) is 3.48. The largest absolute Gasteiger partial charge is 0.348 e. The van der Waals surface area contributed by atoms with E-state index in [0.29, 0.717) is 12.0 Å². The summed E-state index contributed by atoms with van der Waals surface area (Å²) in [4.78, 5) is 15.9. The number of rotatable bonds is 3. The van der Waals surface area contributed by atoms with Crippen molar-refractivity contribution in [2.75, 3.05) is 11.5 Å². The Hall–Kier alpha value is -2.22. The molecule has 1 N–H and O–H groups in total. The molecule has 2 heterocycles. The first kappa shape index (κ1) is 13.7. The first-order chi connectivity index (χ1) is 10.0. The Labute approximate surface area is 121 Å². The fourth-order valence-electron chi connectivity index (χ4n) is 2.28. The number of hydrogen-bond acceptors (Lipinski definition) is 5. The van der Waals surface area contributed by atoms with E-state index in [1.165, 1.54) is 6.33 Å². The smallest absolute Gasteiger partial charge is 0.251 e. The Balaban J connectivity index is 1.68. The van der Waals surface area contributed by atoms with E-state index >= 15 is 0 Å². The fourth-order valence-corrected chi connectivity index (χ4v) is 3.96. The molecule has 0 unspecified atom stereocenters. The number of carbonyl (C=O) groups is 1. The summed E-state index contributed by atoms with van der Waals surface area (Å²) < 4.78 is 24.3. The number of nitrogens with zero attached hydrogens (tertiary/aromatic N) is 3. The van der Waals surface area contributed by atoms with Gasteiger partial charge in [-0.15, -0.1) is 0 Å². The second-order valence-electron chi connectivity index (χ2n) is 4.96. The Kier molecular flexibility index (Phi) is 3.46. The maximum Gasteiger partial charge on any atom is 0.251 e. The number of nitrogens with one attached hydrogen (secondary N) is 1. The van der Waals surface area contributed by atoms with Crippen LogP contribution in [0.1, 0.15) is 16.8 Å². The van der Waals surface area contributed by atoms with Gasteiger partial charge in [0, 0.05) is 11.6 Å². The third-order valence-corrected chi connectivity index (χ3v) is 5.15. The zero-order chi connectivity index (χ0) is 14.9. The molecule has 8 heteroatoms. The molecule has 0 saturated carbocycles. The quantitative estimate of drug-likeness (QED) is 0.873. The highest BCUT2D eigenvalue weighted by atomic mass is 32.2. The maximum absolute atomic E-state index is 12.1. The van der Waals surface area contributed by atoms with Crippen LogP contribution in [0.3, 0.4) is 0 Å². The lowest BCUT2D eigenvalue weighted by Crippen LogP contribution is -2.35. The van der Waals surface area contributed by atoms with Crippen molar-refractivity contribution in [2.45, 2.75) is 12.5 Å². The predicted octanol–water partition coefficient (Wildman–Crippen LogP) is 0.184. The van der Waals surface area contributed by atoms with Crippen LogP contribution >= 0.6 is 0 Å². The molecule has 1 aromatic heterocycles. The Morgan fingerprint density at radius 1 is 1.29 bits per heavy atom. The van der Waals surface area contributed by atoms with Crippen LogP contribution in [0.2, 0.25) is 0 Å². The molecule has 1 aromatic carbocycles. The summed E-state index contributed by atoms with van der Waals surface area (Å²) in [6, 6.07) is 6.58. The molecule has 1 atom stereocenters. The minimum Gasteiger partial charge on any atom is -0.348 e. The van der Waals surface area contributed by atoms with Crippen LogP contribution in [0, 0.1) is 0 Å². The number of hydrogen-bond donors (Lipinski definition) is 1. The SMILES string of the molecule is O=C(N[C@@H]1CCS(=O)(=O)C1)c1ccc(-n2cncn2)cc1. The van der Waals surface area contributed by atoms with E-state index in [2.05, 4.69) is 15.4 Å². The van der Waals surface area contributed by atoms with E-state index in [9.17, 15) is 13.2 Å². The second-order valence-corrected chi connectivity index (χ2v) is 7.19. The topological polar surface area (TPSA) is 94.0 Å². The summed E-state index contributed by atoms with van der Waals surface area (Å²) >= 11 is 0. The first-order valence-corrected chi connectivity index (χ1v) is 8.32. The maximum atomic E-state index is 12.1. The summed E-state index contributed by atoms with van der Waals surface area (Å²) in [5.74, 6) is -0.0962. The molecular formula is C13H14N4O3S. The number of carbonyl (C=O) groups excluding carboxylic acids is 1. The molecule has 0 bridgehead atoms. The van der Waals surface area contributed by atoms with Gasteiger partial charge in [0.25, 0.3) is 5.91 Å². The van der Waals surface area contributed by atoms with E-state index in [-0.39, 0.29) is 23.5 Å². The number of amides is 1. The third-order valence-electron chi connectivity index (χ3n) is 3.38. The van der Waals surface area contributed by atoms with Crippen molar-refractivity contribution in [1.29, 1.82) is 0 Å². The average molecular weight is 306 g/mol. The molecular weight excluding hydrogens is 292 g/mol. The van der Waals surface area contributed by atoms with Crippen LogP contribution in [0.4, 0.5) is 0 Å². The van der Waals surface area contributed by atoms with Crippen LogP contribution in [-0.2, 0) is 9.84 Å². The average Bonchev–Trinajstić information content (AvgIpc) is 3.09. The molecule has 1 saturated heterocycles. The van der Waals surface area contributed by atoms with E-state index in [0.717, 1.165) is 5.69 Å². The number of aromatic nitrogens is 3. The van der Waals surface area contributed by atoms with Crippen LogP contribution < -0.4 is 5.32 Å². The lowest BCUT2D eigenvalue weighted by atomic mass is 10.1. The molecule has 1 amide bonds. The van der Waals surface area contributed by atoms with Gasteiger partial charge in [-0.05, 0) is 30.7 Å². The van der Waals surface area contributed by atoms with Crippen LogP contribution in [0.15, 0.2) is 36.9 Å². The normalized spacial score (nSPS) is 20.3. The van der Waals surface area contributed by atoms with Crippen LogP contribution in [-0.4, -0.2) is 46.6 Å². The van der Waals surface area contributed by atoms with Crippen molar-refractivity contribution in [1.82, 2.24) is 20.1 Å². The second kappa shape index (κ2) is 5.28. The van der Waals surface area contributed by atoms with Crippen molar-refractivity contribution in [2.24, 2.45) is 0 Å². The number of sulfone groups is 1. The molecule has 0 spiro atoms. The highest BCUT2D eigenvalue weighted by Crippen LogP contribution is 2.13. The molecule has 1 aliphatic heterocycles. The minimum atomic E-state index is -2.99. The lowest BCUT2D eigenvalue weighted by molar-refractivity contribution is 0.0941. The lowest BCUT2D eigenvalue weighted by Gasteiger charge is -2.11. The van der Waals surface area contributed by atoms with Gasteiger partial charge in [-0.1, -0.05) is 0 Å². The van der Waals surface area contributed by atoms with Crippen molar-refractivity contribution >= 4 is 15.7 Å². The summed E-state index contributed by atoms with van der Waals surface area (Å²) in [5.41, 5.74) is 1.29. The van der Waals surface area contributed by atoms with E-state index in [1.54, 1.807) is 35.3 Å². The first-order valence-electron chi connectivity index (χ1n) is 6.50. The van der Waals surface area contributed by atoms with Gasteiger partial charge in [0.2, 0.25) is 0 Å². The van der Waals surface area contributed by atoms with Gasteiger partial charge >= 0.3 is 0 Å². The highest BCUT2D eigenvalue weighted by Gasteiger charge is 2.29. The van der Waals surface area contributed by atoms with E-state index in [4.69, 9.17) is 0 Å². The van der Waals surface area contributed by atoms with E-state index < -0.39 is 9.84 Å². The van der Waals surface area contributed by atoms with Gasteiger partial charge in [0.1, 0.15) is 12.7 Å². The molecule has 1 aliphatic rings.